The predicted octanol–water partition coefficient (Wildman–Crippen LogP) is 3.15. The van der Waals surface area contributed by atoms with Crippen molar-refractivity contribution in [2.45, 2.75) is 58.5 Å². The number of rotatable bonds is 6. The van der Waals surface area contributed by atoms with Gasteiger partial charge in [0.1, 0.15) is 12.4 Å². The summed E-state index contributed by atoms with van der Waals surface area (Å²) in [4.78, 5) is 17.5. The third kappa shape index (κ3) is 3.84. The number of Topliss-reactive ketones (excluding diaryl/α,β-unsaturated/α-hetero) is 1. The second-order valence-electron chi connectivity index (χ2n) is 5.67. The summed E-state index contributed by atoms with van der Waals surface area (Å²) in [6, 6.07) is 0. The lowest BCUT2D eigenvalue weighted by Crippen LogP contribution is -2.31. The molecule has 2 unspecified atom stereocenters. The van der Waals surface area contributed by atoms with Crippen molar-refractivity contribution in [3.63, 3.8) is 0 Å². The summed E-state index contributed by atoms with van der Waals surface area (Å²) in [6.07, 6.45) is 4.55. The standard InChI is InChI=1S/C16H25NO4/c1-3-6-12(17-21-4-2)16-13(18)9-11(10-14(16)19)15-7-5-8-20-15/h11,15,18H,3-10H2,1-2H3. The zero-order valence-electron chi connectivity index (χ0n) is 12.9. The Morgan fingerprint density at radius 2 is 2.24 bits per heavy atom. The van der Waals surface area contributed by atoms with Crippen LogP contribution in [0, 0.1) is 5.92 Å². The first kappa shape index (κ1) is 16.0. The third-order valence-electron chi connectivity index (χ3n) is 4.04. The Balaban J connectivity index is 2.17. The molecule has 0 saturated carbocycles. The van der Waals surface area contributed by atoms with Crippen LogP contribution >= 0.6 is 0 Å². The highest BCUT2D eigenvalue weighted by atomic mass is 16.6. The van der Waals surface area contributed by atoms with Crippen LogP contribution < -0.4 is 0 Å². The summed E-state index contributed by atoms with van der Waals surface area (Å²) in [5, 5.41) is 14.4. The number of nitrogens with zero attached hydrogens (tertiary/aromatic N) is 1. The van der Waals surface area contributed by atoms with Gasteiger partial charge < -0.3 is 14.7 Å². The molecule has 2 aliphatic rings. The molecule has 0 amide bonds. The van der Waals surface area contributed by atoms with E-state index in [2.05, 4.69) is 5.16 Å². The molecular formula is C16H25NO4. The van der Waals surface area contributed by atoms with Crippen molar-refractivity contribution in [3.8, 4) is 0 Å². The van der Waals surface area contributed by atoms with Crippen molar-refractivity contribution in [2.24, 2.45) is 11.1 Å². The minimum atomic E-state index is -0.0360. The molecule has 5 nitrogen and oxygen atoms in total. The monoisotopic (exact) mass is 295 g/mol. The van der Waals surface area contributed by atoms with Gasteiger partial charge in [0.2, 0.25) is 0 Å². The van der Waals surface area contributed by atoms with Gasteiger partial charge in [-0.2, -0.15) is 0 Å². The molecule has 0 aromatic carbocycles. The maximum atomic E-state index is 12.4. The minimum absolute atomic E-state index is 0.0360. The number of allylic oxidation sites excluding steroid dienone is 2. The molecule has 118 valence electrons. The van der Waals surface area contributed by atoms with E-state index in [-0.39, 0.29) is 23.6 Å². The number of carbonyl (C=O) groups excluding carboxylic acids is 1. The van der Waals surface area contributed by atoms with Gasteiger partial charge in [-0.1, -0.05) is 18.5 Å². The number of ketones is 1. The zero-order chi connectivity index (χ0) is 15.2. The van der Waals surface area contributed by atoms with Crippen LogP contribution in [0.4, 0.5) is 0 Å². The molecule has 1 fully saturated rings. The van der Waals surface area contributed by atoms with Crippen LogP contribution in [0.5, 0.6) is 0 Å². The Bertz CT molecular complexity index is 436. The molecule has 1 heterocycles. The average molecular weight is 295 g/mol. The molecule has 0 aromatic heterocycles. The van der Waals surface area contributed by atoms with Crippen molar-refractivity contribution in [1.29, 1.82) is 0 Å². The topological polar surface area (TPSA) is 68.1 Å². The number of ether oxygens (including phenoxy) is 1. The number of hydrogen-bond acceptors (Lipinski definition) is 5. The highest BCUT2D eigenvalue weighted by Gasteiger charge is 2.36. The third-order valence-corrected chi connectivity index (χ3v) is 4.04. The number of carbonyl (C=O) groups is 1. The van der Waals surface area contributed by atoms with Crippen LogP contribution in [0.3, 0.4) is 0 Å². The molecule has 0 bridgehead atoms. The van der Waals surface area contributed by atoms with Crippen LogP contribution in [0.1, 0.15) is 52.4 Å². The van der Waals surface area contributed by atoms with Crippen molar-refractivity contribution in [2.75, 3.05) is 13.2 Å². The van der Waals surface area contributed by atoms with Gasteiger partial charge in [0.15, 0.2) is 5.78 Å². The SMILES string of the molecule is CCCC(=NOCC)C1=C(O)CC(C2CCCO2)CC1=O. The van der Waals surface area contributed by atoms with Gasteiger partial charge >= 0.3 is 0 Å². The molecular weight excluding hydrogens is 270 g/mol. The van der Waals surface area contributed by atoms with E-state index in [4.69, 9.17) is 9.57 Å². The van der Waals surface area contributed by atoms with Crippen molar-refractivity contribution < 1.29 is 19.5 Å². The fraction of sp³-hybridized carbons (Fsp3) is 0.750. The molecule has 2 atom stereocenters. The summed E-state index contributed by atoms with van der Waals surface area (Å²) in [5.74, 6) is 0.212. The van der Waals surface area contributed by atoms with Gasteiger partial charge in [-0.15, -0.1) is 0 Å². The molecule has 1 N–H and O–H groups in total. The van der Waals surface area contributed by atoms with E-state index in [1.807, 2.05) is 13.8 Å². The van der Waals surface area contributed by atoms with Crippen LogP contribution in [-0.2, 0) is 14.4 Å². The second-order valence-corrected chi connectivity index (χ2v) is 5.67. The van der Waals surface area contributed by atoms with Gasteiger partial charge in [0.05, 0.1) is 17.4 Å². The summed E-state index contributed by atoms with van der Waals surface area (Å²) in [5.41, 5.74) is 0.951. The van der Waals surface area contributed by atoms with Gasteiger partial charge in [-0.3, -0.25) is 4.79 Å². The number of aliphatic hydroxyl groups is 1. The van der Waals surface area contributed by atoms with Crippen molar-refractivity contribution in [1.82, 2.24) is 0 Å². The number of aliphatic hydroxyl groups excluding tert-OH is 1. The van der Waals surface area contributed by atoms with E-state index < -0.39 is 0 Å². The molecule has 0 aromatic rings. The highest BCUT2D eigenvalue weighted by Crippen LogP contribution is 2.34. The molecule has 1 aliphatic heterocycles. The van der Waals surface area contributed by atoms with Crippen LogP contribution in [0.25, 0.3) is 0 Å². The smallest absolute Gasteiger partial charge is 0.168 e. The van der Waals surface area contributed by atoms with E-state index >= 15 is 0 Å². The summed E-state index contributed by atoms with van der Waals surface area (Å²) < 4.78 is 5.66. The van der Waals surface area contributed by atoms with Gasteiger partial charge in [0.25, 0.3) is 0 Å². The first-order valence-electron chi connectivity index (χ1n) is 7.93. The Kier molecular flexibility index (Phi) is 5.79. The zero-order valence-corrected chi connectivity index (χ0v) is 12.9. The van der Waals surface area contributed by atoms with Crippen LogP contribution in [0.2, 0.25) is 0 Å². The maximum absolute atomic E-state index is 12.4. The molecule has 21 heavy (non-hydrogen) atoms. The largest absolute Gasteiger partial charge is 0.511 e. The lowest BCUT2D eigenvalue weighted by atomic mass is 9.81. The van der Waals surface area contributed by atoms with E-state index in [1.54, 1.807) is 0 Å². The van der Waals surface area contributed by atoms with Gasteiger partial charge in [-0.25, -0.2) is 0 Å². The lowest BCUT2D eigenvalue weighted by Gasteiger charge is -2.27. The van der Waals surface area contributed by atoms with Gasteiger partial charge in [-0.05, 0) is 32.1 Å². The highest BCUT2D eigenvalue weighted by molar-refractivity contribution is 6.23. The van der Waals surface area contributed by atoms with E-state index in [0.717, 1.165) is 25.9 Å². The molecule has 0 radical (unpaired) electrons. The normalized spacial score (nSPS) is 27.3. The van der Waals surface area contributed by atoms with Crippen LogP contribution in [-0.4, -0.2) is 35.9 Å². The summed E-state index contributed by atoms with van der Waals surface area (Å²) in [6.45, 7) is 5.08. The molecule has 1 aliphatic carbocycles. The molecule has 5 heteroatoms. The van der Waals surface area contributed by atoms with E-state index in [9.17, 15) is 9.90 Å². The maximum Gasteiger partial charge on any atom is 0.168 e. The number of oxime groups is 1. The summed E-state index contributed by atoms with van der Waals surface area (Å²) in [7, 11) is 0. The van der Waals surface area contributed by atoms with Crippen molar-refractivity contribution >= 4 is 11.5 Å². The fourth-order valence-corrected chi connectivity index (χ4v) is 3.08. The average Bonchev–Trinajstić information content (AvgIpc) is 2.98. The molecule has 2 rings (SSSR count). The first-order valence-corrected chi connectivity index (χ1v) is 7.93. The Labute approximate surface area is 126 Å². The van der Waals surface area contributed by atoms with E-state index in [1.165, 1.54) is 0 Å². The summed E-state index contributed by atoms with van der Waals surface area (Å²) >= 11 is 0. The Morgan fingerprint density at radius 1 is 1.43 bits per heavy atom. The van der Waals surface area contributed by atoms with Gasteiger partial charge in [0, 0.05) is 19.4 Å². The molecule has 1 saturated heterocycles. The Morgan fingerprint density at radius 3 is 2.81 bits per heavy atom. The van der Waals surface area contributed by atoms with Crippen molar-refractivity contribution in [3.05, 3.63) is 11.3 Å². The van der Waals surface area contributed by atoms with E-state index in [0.29, 0.717) is 37.2 Å². The minimum Gasteiger partial charge on any atom is -0.511 e. The molecule has 0 spiro atoms. The fourth-order valence-electron chi connectivity index (χ4n) is 3.08. The first-order chi connectivity index (χ1) is 10.2. The quantitative estimate of drug-likeness (QED) is 0.604. The second kappa shape index (κ2) is 7.59. The van der Waals surface area contributed by atoms with Crippen LogP contribution in [0.15, 0.2) is 16.5 Å². The number of hydrogen-bond donors (Lipinski definition) is 1. The predicted molar refractivity (Wildman–Crippen MR) is 80.3 cm³/mol. The lowest BCUT2D eigenvalue weighted by molar-refractivity contribution is -0.118. The Hall–Kier alpha value is -1.36.